The topological polar surface area (TPSA) is 46.5 Å². The molecule has 3 heteroatoms. The Morgan fingerprint density at radius 1 is 0.708 bits per heavy atom. The minimum Gasteiger partial charge on any atom is -0.481 e. The van der Waals surface area contributed by atoms with Crippen molar-refractivity contribution < 1.29 is 14.6 Å². The molecule has 0 aromatic carbocycles. The molecule has 0 bridgehead atoms. The third-order valence-corrected chi connectivity index (χ3v) is 4.36. The van der Waals surface area contributed by atoms with Gasteiger partial charge < -0.3 is 9.84 Å². The lowest BCUT2D eigenvalue weighted by Gasteiger charge is -2.03. The van der Waals surface area contributed by atoms with E-state index in [0.717, 1.165) is 25.9 Å². The van der Waals surface area contributed by atoms with Gasteiger partial charge in [-0.15, -0.1) is 6.42 Å². The summed E-state index contributed by atoms with van der Waals surface area (Å²) in [6, 6.07) is 0. The summed E-state index contributed by atoms with van der Waals surface area (Å²) in [5.41, 5.74) is 0. The molecule has 24 heavy (non-hydrogen) atoms. The standard InChI is InChI=1S/C21H38O3/c1-2-19-24-20-17-15-13-11-9-7-5-3-4-6-8-10-12-14-16-18-21(22)23/h1H,3-20H2,(H,22,23). The summed E-state index contributed by atoms with van der Waals surface area (Å²) in [5, 5.41) is 8.55. The number of ether oxygens (including phenoxy) is 1. The van der Waals surface area contributed by atoms with E-state index >= 15 is 0 Å². The third-order valence-electron chi connectivity index (χ3n) is 4.36. The van der Waals surface area contributed by atoms with Gasteiger partial charge in [0.05, 0.1) is 0 Å². The predicted molar refractivity (Wildman–Crippen MR) is 101 cm³/mol. The number of aliphatic carboxylic acids is 1. The van der Waals surface area contributed by atoms with E-state index in [4.69, 9.17) is 16.3 Å². The molecule has 0 heterocycles. The van der Waals surface area contributed by atoms with Crippen LogP contribution in [0.1, 0.15) is 103 Å². The monoisotopic (exact) mass is 338 g/mol. The molecular formula is C21H38O3. The van der Waals surface area contributed by atoms with Crippen molar-refractivity contribution in [1.29, 1.82) is 0 Å². The lowest BCUT2D eigenvalue weighted by Crippen LogP contribution is -1.94. The van der Waals surface area contributed by atoms with Gasteiger partial charge in [0.25, 0.3) is 0 Å². The van der Waals surface area contributed by atoms with E-state index < -0.39 is 5.97 Å². The van der Waals surface area contributed by atoms with Crippen molar-refractivity contribution in [2.75, 3.05) is 13.2 Å². The molecular weight excluding hydrogens is 300 g/mol. The van der Waals surface area contributed by atoms with E-state index in [1.54, 1.807) is 0 Å². The quantitative estimate of drug-likeness (QED) is 0.233. The van der Waals surface area contributed by atoms with Gasteiger partial charge >= 0.3 is 5.97 Å². The van der Waals surface area contributed by atoms with Gasteiger partial charge in [-0.3, -0.25) is 4.79 Å². The van der Waals surface area contributed by atoms with Crippen LogP contribution in [0.5, 0.6) is 0 Å². The first-order valence-electron chi connectivity index (χ1n) is 10.0. The fourth-order valence-corrected chi connectivity index (χ4v) is 2.91. The Labute approximate surface area is 149 Å². The van der Waals surface area contributed by atoms with Crippen LogP contribution in [0.25, 0.3) is 0 Å². The van der Waals surface area contributed by atoms with Crippen molar-refractivity contribution in [3.05, 3.63) is 0 Å². The maximum absolute atomic E-state index is 10.4. The summed E-state index contributed by atoms with van der Waals surface area (Å²) >= 11 is 0. The van der Waals surface area contributed by atoms with E-state index in [1.807, 2.05) is 0 Å². The van der Waals surface area contributed by atoms with Gasteiger partial charge in [0, 0.05) is 13.0 Å². The summed E-state index contributed by atoms with van der Waals surface area (Å²) < 4.78 is 5.25. The van der Waals surface area contributed by atoms with Crippen LogP contribution >= 0.6 is 0 Å². The number of unbranched alkanes of at least 4 members (excludes halogenated alkanes) is 14. The van der Waals surface area contributed by atoms with E-state index in [1.165, 1.54) is 77.0 Å². The minimum absolute atomic E-state index is 0.333. The highest BCUT2D eigenvalue weighted by Crippen LogP contribution is 2.13. The SMILES string of the molecule is C#CCOCCCCCCCCCCCCCCCCCC(=O)O. The first kappa shape index (κ1) is 23.0. The number of rotatable bonds is 19. The van der Waals surface area contributed by atoms with Gasteiger partial charge in [-0.2, -0.15) is 0 Å². The number of hydrogen-bond acceptors (Lipinski definition) is 2. The molecule has 0 saturated carbocycles. The van der Waals surface area contributed by atoms with Gasteiger partial charge in [-0.1, -0.05) is 89.4 Å². The number of carbonyl (C=O) groups is 1. The molecule has 0 atom stereocenters. The largest absolute Gasteiger partial charge is 0.481 e. The zero-order valence-corrected chi connectivity index (χ0v) is 15.6. The molecule has 0 radical (unpaired) electrons. The predicted octanol–water partition coefficient (Wildman–Crippen LogP) is 5.96. The summed E-state index contributed by atoms with van der Waals surface area (Å²) in [7, 11) is 0. The Bertz CT molecular complexity index is 307. The second-order valence-corrected chi connectivity index (χ2v) is 6.70. The second kappa shape index (κ2) is 20.0. The van der Waals surface area contributed by atoms with Crippen LogP contribution in [0.15, 0.2) is 0 Å². The van der Waals surface area contributed by atoms with Gasteiger partial charge in [0.1, 0.15) is 6.61 Å². The molecule has 140 valence electrons. The van der Waals surface area contributed by atoms with E-state index in [9.17, 15) is 4.79 Å². The van der Waals surface area contributed by atoms with Crippen LogP contribution in [0, 0.1) is 12.3 Å². The molecule has 0 saturated heterocycles. The molecule has 3 nitrogen and oxygen atoms in total. The number of terminal acetylenes is 1. The molecule has 0 amide bonds. The van der Waals surface area contributed by atoms with Crippen molar-refractivity contribution in [2.24, 2.45) is 0 Å². The molecule has 0 fully saturated rings. The van der Waals surface area contributed by atoms with E-state index in [2.05, 4.69) is 5.92 Å². The molecule has 0 aliphatic rings. The van der Waals surface area contributed by atoms with Crippen LogP contribution in [0.2, 0.25) is 0 Å². The van der Waals surface area contributed by atoms with Crippen molar-refractivity contribution in [3.63, 3.8) is 0 Å². The van der Waals surface area contributed by atoms with Crippen molar-refractivity contribution >= 4 is 5.97 Å². The van der Waals surface area contributed by atoms with E-state index in [0.29, 0.717) is 13.0 Å². The lowest BCUT2D eigenvalue weighted by atomic mass is 10.0. The Kier molecular flexibility index (Phi) is 19.2. The highest BCUT2D eigenvalue weighted by atomic mass is 16.5. The van der Waals surface area contributed by atoms with Crippen molar-refractivity contribution in [2.45, 2.75) is 103 Å². The maximum atomic E-state index is 10.4. The first-order valence-corrected chi connectivity index (χ1v) is 10.0. The van der Waals surface area contributed by atoms with E-state index in [-0.39, 0.29) is 0 Å². The van der Waals surface area contributed by atoms with Crippen LogP contribution in [-0.4, -0.2) is 24.3 Å². The highest BCUT2D eigenvalue weighted by Gasteiger charge is 1.97. The second-order valence-electron chi connectivity index (χ2n) is 6.70. The van der Waals surface area contributed by atoms with Crippen LogP contribution < -0.4 is 0 Å². The minimum atomic E-state index is -0.663. The van der Waals surface area contributed by atoms with Crippen LogP contribution in [-0.2, 0) is 9.53 Å². The Morgan fingerprint density at radius 3 is 1.46 bits per heavy atom. The Balaban J connectivity index is 2.98. The smallest absolute Gasteiger partial charge is 0.303 e. The summed E-state index contributed by atoms with van der Waals surface area (Å²) in [4.78, 5) is 10.4. The fourth-order valence-electron chi connectivity index (χ4n) is 2.91. The summed E-state index contributed by atoms with van der Waals surface area (Å²) in [6.45, 7) is 1.26. The molecule has 0 aliphatic heterocycles. The Hall–Kier alpha value is -1.01. The first-order chi connectivity index (χ1) is 11.8. The highest BCUT2D eigenvalue weighted by molar-refractivity contribution is 5.66. The van der Waals surface area contributed by atoms with Crippen molar-refractivity contribution in [1.82, 2.24) is 0 Å². The zero-order chi connectivity index (χ0) is 17.7. The van der Waals surface area contributed by atoms with Gasteiger partial charge in [0.2, 0.25) is 0 Å². The molecule has 0 rings (SSSR count). The fraction of sp³-hybridized carbons (Fsp3) is 0.857. The molecule has 0 unspecified atom stereocenters. The number of carboxylic acid groups (broad SMARTS) is 1. The normalized spacial score (nSPS) is 10.6. The molecule has 0 spiro atoms. The third kappa shape index (κ3) is 21.0. The molecule has 1 N–H and O–H groups in total. The van der Waals surface area contributed by atoms with Gasteiger partial charge in [0.15, 0.2) is 0 Å². The molecule has 0 aromatic rings. The van der Waals surface area contributed by atoms with Gasteiger partial charge in [-0.05, 0) is 12.8 Å². The summed E-state index contributed by atoms with van der Waals surface area (Å²) in [5.74, 6) is 1.82. The maximum Gasteiger partial charge on any atom is 0.303 e. The number of carboxylic acids is 1. The average Bonchev–Trinajstić information content (AvgIpc) is 2.56. The lowest BCUT2D eigenvalue weighted by molar-refractivity contribution is -0.137. The molecule has 0 aliphatic carbocycles. The van der Waals surface area contributed by atoms with Crippen LogP contribution in [0.4, 0.5) is 0 Å². The zero-order valence-electron chi connectivity index (χ0n) is 15.6. The average molecular weight is 339 g/mol. The van der Waals surface area contributed by atoms with Crippen molar-refractivity contribution in [3.8, 4) is 12.3 Å². The summed E-state index contributed by atoms with van der Waals surface area (Å²) in [6.07, 6.45) is 24.4. The Morgan fingerprint density at radius 2 is 1.08 bits per heavy atom. The number of hydrogen-bond donors (Lipinski definition) is 1. The van der Waals surface area contributed by atoms with Crippen LogP contribution in [0.3, 0.4) is 0 Å². The van der Waals surface area contributed by atoms with Gasteiger partial charge in [-0.25, -0.2) is 0 Å². The molecule has 0 aromatic heterocycles.